The average molecular weight is 1050 g/mol. The molecule has 5 N–H and O–H groups in total. The number of benzene rings is 6. The summed E-state index contributed by atoms with van der Waals surface area (Å²) in [7, 11) is 3.00. The van der Waals surface area contributed by atoms with Crippen LogP contribution in [0.15, 0.2) is 158 Å². The smallest absolute Gasteiger partial charge is 0.245 e. The van der Waals surface area contributed by atoms with Gasteiger partial charge in [0.15, 0.2) is 6.73 Å². The van der Waals surface area contributed by atoms with Crippen molar-refractivity contribution in [3.8, 4) is 61.8 Å². The number of aliphatic hydroxyl groups is 1. The van der Waals surface area contributed by atoms with Crippen LogP contribution in [-0.2, 0) is 25.8 Å². The summed E-state index contributed by atoms with van der Waals surface area (Å²) >= 11 is 6.52. The molecule has 0 radical (unpaired) electrons. The van der Waals surface area contributed by atoms with Gasteiger partial charge >= 0.3 is 0 Å². The van der Waals surface area contributed by atoms with Gasteiger partial charge in [0.25, 0.3) is 0 Å². The van der Waals surface area contributed by atoms with Gasteiger partial charge in [-0.15, -0.1) is 0 Å². The third kappa shape index (κ3) is 9.71. The highest BCUT2D eigenvalue weighted by Gasteiger charge is 2.38. The van der Waals surface area contributed by atoms with Gasteiger partial charge < -0.3 is 43.7 Å². The second kappa shape index (κ2) is 21.6. The zero-order valence-electron chi connectivity index (χ0n) is 42.7. The second-order valence-electron chi connectivity index (χ2n) is 19.8. The molecule has 2 amide bonds. The van der Waals surface area contributed by atoms with Crippen LogP contribution in [0.4, 0.5) is 0 Å². The van der Waals surface area contributed by atoms with Crippen LogP contribution >= 0.6 is 11.6 Å². The number of carbonyl (C=O) groups is 2. The number of ether oxygens (including phenoxy) is 3. The Bertz CT molecular complexity index is 3560. The number of carbonyl (C=O) groups excluding carboxylic acids is 2. The Labute approximate surface area is 450 Å². The number of hydrogen-bond acceptors (Lipinski definition) is 10. The number of aromatic nitrogens is 5. The highest BCUT2D eigenvalue weighted by molar-refractivity contribution is 6.31. The average Bonchev–Trinajstić information content (AvgIpc) is 4.43. The molecule has 77 heavy (non-hydrogen) atoms. The zero-order chi connectivity index (χ0) is 52.6. The highest BCUT2D eigenvalue weighted by atomic mass is 35.5. The lowest BCUT2D eigenvalue weighted by atomic mass is 9.94. The molecule has 0 saturated carbocycles. The Hall–Kier alpha value is -7.89. The summed E-state index contributed by atoms with van der Waals surface area (Å²) in [6.07, 6.45) is 5.74. The largest absolute Gasteiger partial charge is 0.472 e. The number of methoxy groups -OCH3 is 2. The molecule has 6 aromatic carbocycles. The van der Waals surface area contributed by atoms with Crippen molar-refractivity contribution in [3.05, 3.63) is 186 Å². The van der Waals surface area contributed by atoms with Crippen molar-refractivity contribution < 1.29 is 28.9 Å². The number of H-pyrrole nitrogens is 2. The van der Waals surface area contributed by atoms with Gasteiger partial charge in [0, 0.05) is 60.6 Å². The van der Waals surface area contributed by atoms with E-state index in [0.29, 0.717) is 30.7 Å². The standard InChI is InChI=1S/C61H58ClN9O6/c1-75-35-65-54(41-11-5-3-6-12-41)59(72)69-29-9-15-50(69)57-63-34-48(67-57)39-21-23-40(24-22-39)53-46-31-43(25-28-49(46)71-36-77-52-32-44(62)26-27-45(52)56(53)71)37-17-19-38(20-18-37)47-33-64-58(66-47)51-16-10-30-70(51)60(73)55(68-61(74)76-2)42-13-7-4-8-14-42/h3-8,11-14,17-28,31-34,50-51,54-55,61,65,68,74H,9-10,15-16,29-30,35-36H2,1-2H3,(H,63,67)(H,64,66). The summed E-state index contributed by atoms with van der Waals surface area (Å²) in [5, 5.41) is 18.3. The summed E-state index contributed by atoms with van der Waals surface area (Å²) in [6, 6.07) is 46.8. The number of hydrogen-bond donors (Lipinski definition) is 5. The number of nitrogens with one attached hydrogen (secondary N) is 4. The lowest BCUT2D eigenvalue weighted by Crippen LogP contribution is -2.44. The van der Waals surface area contributed by atoms with Crippen molar-refractivity contribution in [2.45, 2.75) is 63.0 Å². The van der Waals surface area contributed by atoms with Crippen LogP contribution in [0, 0.1) is 0 Å². The minimum absolute atomic E-state index is 0.00386. The van der Waals surface area contributed by atoms with Crippen LogP contribution < -0.4 is 15.4 Å². The molecule has 6 heterocycles. The topological polar surface area (TPSA) is 175 Å². The molecule has 0 spiro atoms. The molecule has 16 heteroatoms. The maximum Gasteiger partial charge on any atom is 0.245 e. The number of nitrogens with zero attached hydrogens (tertiary/aromatic N) is 5. The fraction of sp³-hybridized carbons (Fsp3) is 0.246. The molecule has 0 bridgehead atoms. The zero-order valence-corrected chi connectivity index (χ0v) is 43.4. The van der Waals surface area contributed by atoms with Crippen LogP contribution in [0.25, 0.3) is 66.9 Å². The Morgan fingerprint density at radius 3 is 2.09 bits per heavy atom. The van der Waals surface area contributed by atoms with Crippen molar-refractivity contribution in [1.29, 1.82) is 0 Å². The number of imidazole rings is 2. The lowest BCUT2D eigenvalue weighted by molar-refractivity contribution is -0.143. The lowest BCUT2D eigenvalue weighted by Gasteiger charge is -2.29. The number of halogens is 1. The molecular weight excluding hydrogens is 990 g/mol. The van der Waals surface area contributed by atoms with E-state index in [1.165, 1.54) is 7.11 Å². The van der Waals surface area contributed by atoms with Crippen molar-refractivity contribution in [2.75, 3.05) is 34.0 Å². The molecule has 2 saturated heterocycles. The number of rotatable bonds is 16. The third-order valence-electron chi connectivity index (χ3n) is 15.2. The minimum Gasteiger partial charge on any atom is -0.472 e. The van der Waals surface area contributed by atoms with E-state index in [0.717, 1.165) is 115 Å². The Kier molecular flexibility index (Phi) is 14.0. The second-order valence-corrected chi connectivity index (χ2v) is 20.2. The SMILES string of the molecule is COCNC(C(=O)N1CCCC1c1nc(-c2ccc(-c3c4n(c5ccc(-c6ccc(-c7cnc(C8CCCN8C(=O)C(NC(O)OC)c8ccccc8)[nH]7)cc6)cc35)COc3cc(Cl)ccc3-4)cc2)c[nH]1)c1ccccc1. The van der Waals surface area contributed by atoms with Gasteiger partial charge in [0.05, 0.1) is 47.6 Å². The fourth-order valence-corrected chi connectivity index (χ4v) is 11.6. The predicted octanol–water partition coefficient (Wildman–Crippen LogP) is 10.9. The number of aliphatic hydroxyl groups excluding tert-OH is 1. The third-order valence-corrected chi connectivity index (χ3v) is 15.5. The van der Waals surface area contributed by atoms with Crippen LogP contribution in [0.2, 0.25) is 5.02 Å². The summed E-state index contributed by atoms with van der Waals surface area (Å²) in [5.74, 6) is 2.06. The number of aromatic amines is 2. The summed E-state index contributed by atoms with van der Waals surface area (Å²) in [4.78, 5) is 49.0. The summed E-state index contributed by atoms with van der Waals surface area (Å²) in [6.45, 7) is 1.79. The number of fused-ring (bicyclic) bond motifs is 5. The van der Waals surface area contributed by atoms with Gasteiger partial charge in [0.1, 0.15) is 29.5 Å². The van der Waals surface area contributed by atoms with Gasteiger partial charge in [-0.25, -0.2) is 9.97 Å². The minimum atomic E-state index is -1.31. The van der Waals surface area contributed by atoms with Crippen LogP contribution in [0.3, 0.4) is 0 Å². The van der Waals surface area contributed by atoms with Crippen LogP contribution in [-0.4, -0.2) is 91.7 Å². The molecule has 9 aromatic rings. The van der Waals surface area contributed by atoms with Gasteiger partial charge in [-0.2, -0.15) is 0 Å². The molecule has 12 rings (SSSR count). The predicted molar refractivity (Wildman–Crippen MR) is 296 cm³/mol. The van der Waals surface area contributed by atoms with Crippen LogP contribution in [0.5, 0.6) is 5.75 Å². The van der Waals surface area contributed by atoms with E-state index in [9.17, 15) is 14.7 Å². The molecule has 390 valence electrons. The van der Waals surface area contributed by atoms with Crippen molar-refractivity contribution in [3.63, 3.8) is 0 Å². The Morgan fingerprint density at radius 1 is 0.753 bits per heavy atom. The summed E-state index contributed by atoms with van der Waals surface area (Å²) in [5.41, 5.74) is 12.5. The monoisotopic (exact) mass is 1050 g/mol. The highest BCUT2D eigenvalue weighted by Crippen LogP contribution is 2.48. The van der Waals surface area contributed by atoms with Gasteiger partial charge in [-0.3, -0.25) is 20.2 Å². The molecular formula is C61H58ClN9O6. The van der Waals surface area contributed by atoms with Crippen molar-refractivity contribution in [1.82, 2.24) is 44.9 Å². The maximum atomic E-state index is 14.2. The Morgan fingerprint density at radius 2 is 1.39 bits per heavy atom. The fourth-order valence-electron chi connectivity index (χ4n) is 11.4. The molecule has 15 nitrogen and oxygen atoms in total. The van der Waals surface area contributed by atoms with E-state index in [1.807, 2.05) is 101 Å². The first-order valence-electron chi connectivity index (χ1n) is 26.1. The molecule has 2 fully saturated rings. The van der Waals surface area contributed by atoms with Crippen molar-refractivity contribution in [2.24, 2.45) is 0 Å². The van der Waals surface area contributed by atoms with Crippen molar-refractivity contribution >= 4 is 34.3 Å². The number of likely N-dealkylation sites (tertiary alicyclic amines) is 2. The van der Waals surface area contributed by atoms with E-state index in [4.69, 9.17) is 35.8 Å². The molecule has 5 unspecified atom stereocenters. The number of amides is 2. The molecule has 3 aliphatic heterocycles. The first kappa shape index (κ1) is 50.0. The van der Waals surface area contributed by atoms with E-state index >= 15 is 0 Å². The molecule has 3 aromatic heterocycles. The van der Waals surface area contributed by atoms with Gasteiger partial charge in [-0.05, 0) is 89.4 Å². The van der Waals surface area contributed by atoms with E-state index < -0.39 is 18.5 Å². The first-order valence-corrected chi connectivity index (χ1v) is 26.4. The molecule has 5 atom stereocenters. The molecule has 0 aliphatic carbocycles. The van der Waals surface area contributed by atoms with E-state index in [1.54, 1.807) is 7.11 Å². The van der Waals surface area contributed by atoms with Crippen LogP contribution in [0.1, 0.15) is 72.6 Å². The summed E-state index contributed by atoms with van der Waals surface area (Å²) < 4.78 is 19.0. The Balaban J connectivity index is 0.816. The normalized spacial score (nSPS) is 17.2. The first-order chi connectivity index (χ1) is 37.7. The van der Waals surface area contributed by atoms with Gasteiger partial charge in [-0.1, -0.05) is 127 Å². The molecule has 3 aliphatic rings. The van der Waals surface area contributed by atoms with Gasteiger partial charge in [0.2, 0.25) is 18.2 Å². The maximum absolute atomic E-state index is 14.2. The van der Waals surface area contributed by atoms with E-state index in [2.05, 4.69) is 91.9 Å². The quantitative estimate of drug-likeness (QED) is 0.0586. The van der Waals surface area contributed by atoms with E-state index in [-0.39, 0.29) is 30.6 Å².